The van der Waals surface area contributed by atoms with Gasteiger partial charge in [-0.15, -0.1) is 0 Å². The highest BCUT2D eigenvalue weighted by molar-refractivity contribution is 5.94. The van der Waals surface area contributed by atoms with Gasteiger partial charge in [-0.3, -0.25) is 9.78 Å². The number of rotatable bonds is 4. The lowest BCUT2D eigenvalue weighted by Crippen LogP contribution is -2.24. The van der Waals surface area contributed by atoms with E-state index in [2.05, 4.69) is 10.3 Å². The first-order valence-corrected chi connectivity index (χ1v) is 5.86. The first kappa shape index (κ1) is 13.2. The summed E-state index contributed by atoms with van der Waals surface area (Å²) in [6.07, 6.45) is 2.40. The van der Waals surface area contributed by atoms with Gasteiger partial charge in [0.05, 0.1) is 11.8 Å². The van der Waals surface area contributed by atoms with Crippen LogP contribution in [0.25, 0.3) is 0 Å². The Kier molecular flexibility index (Phi) is 4.20. The first-order chi connectivity index (χ1) is 9.20. The standard InChI is InChI=1S/C14H14FN3O/c15-13-9-17-5-4-12(13)14(19)18-8-11-3-1-2-10(6-11)7-16/h1-6,9H,7-8,16H2,(H,18,19). The van der Waals surface area contributed by atoms with Gasteiger partial charge in [-0.05, 0) is 17.2 Å². The summed E-state index contributed by atoms with van der Waals surface area (Å²) in [5, 5.41) is 2.66. The Morgan fingerprint density at radius 1 is 1.32 bits per heavy atom. The predicted octanol–water partition coefficient (Wildman–Crippen LogP) is 1.61. The molecule has 0 unspecified atom stereocenters. The van der Waals surface area contributed by atoms with Crippen LogP contribution in [0.3, 0.4) is 0 Å². The van der Waals surface area contributed by atoms with Gasteiger partial charge in [-0.1, -0.05) is 24.3 Å². The molecule has 0 fully saturated rings. The summed E-state index contributed by atoms with van der Waals surface area (Å²) in [6.45, 7) is 0.773. The third-order valence-electron chi connectivity index (χ3n) is 2.70. The van der Waals surface area contributed by atoms with Gasteiger partial charge in [0.15, 0.2) is 5.82 Å². The van der Waals surface area contributed by atoms with Gasteiger partial charge in [0.1, 0.15) is 0 Å². The predicted molar refractivity (Wildman–Crippen MR) is 69.7 cm³/mol. The molecule has 0 saturated carbocycles. The maximum absolute atomic E-state index is 13.3. The molecule has 0 spiro atoms. The van der Waals surface area contributed by atoms with Crippen LogP contribution in [0.4, 0.5) is 4.39 Å². The molecule has 98 valence electrons. The molecule has 3 N–H and O–H groups in total. The van der Waals surface area contributed by atoms with Crippen LogP contribution in [0.2, 0.25) is 0 Å². The molecule has 2 rings (SSSR count). The Morgan fingerprint density at radius 3 is 2.84 bits per heavy atom. The molecule has 1 aromatic carbocycles. The van der Waals surface area contributed by atoms with Crippen LogP contribution in [-0.4, -0.2) is 10.9 Å². The second-order valence-electron chi connectivity index (χ2n) is 4.06. The van der Waals surface area contributed by atoms with Gasteiger partial charge in [-0.25, -0.2) is 4.39 Å². The van der Waals surface area contributed by atoms with E-state index in [0.29, 0.717) is 13.1 Å². The Balaban J connectivity index is 2.02. The average Bonchev–Trinajstić information content (AvgIpc) is 2.45. The van der Waals surface area contributed by atoms with E-state index in [1.807, 2.05) is 24.3 Å². The molecule has 4 nitrogen and oxygen atoms in total. The fraction of sp³-hybridized carbons (Fsp3) is 0.143. The van der Waals surface area contributed by atoms with Crippen LogP contribution in [0, 0.1) is 5.82 Å². The number of aromatic nitrogens is 1. The molecular formula is C14H14FN3O. The van der Waals surface area contributed by atoms with E-state index in [1.54, 1.807) is 0 Å². The van der Waals surface area contributed by atoms with E-state index in [4.69, 9.17) is 5.73 Å². The zero-order chi connectivity index (χ0) is 13.7. The number of amides is 1. The zero-order valence-corrected chi connectivity index (χ0v) is 10.3. The molecular weight excluding hydrogens is 245 g/mol. The van der Waals surface area contributed by atoms with Crippen LogP contribution in [-0.2, 0) is 13.1 Å². The zero-order valence-electron chi connectivity index (χ0n) is 10.3. The summed E-state index contributed by atoms with van der Waals surface area (Å²) >= 11 is 0. The number of carbonyl (C=O) groups is 1. The van der Waals surface area contributed by atoms with Crippen molar-refractivity contribution in [2.75, 3.05) is 0 Å². The molecule has 19 heavy (non-hydrogen) atoms. The second-order valence-corrected chi connectivity index (χ2v) is 4.06. The molecule has 1 amide bonds. The molecule has 0 atom stereocenters. The number of nitrogens with zero attached hydrogens (tertiary/aromatic N) is 1. The minimum absolute atomic E-state index is 0.00928. The monoisotopic (exact) mass is 259 g/mol. The Labute approximate surface area is 110 Å². The number of carbonyl (C=O) groups excluding carboxylic acids is 1. The van der Waals surface area contributed by atoms with Crippen molar-refractivity contribution in [3.63, 3.8) is 0 Å². The van der Waals surface area contributed by atoms with Gasteiger partial charge in [-0.2, -0.15) is 0 Å². The maximum atomic E-state index is 13.3. The highest BCUT2D eigenvalue weighted by atomic mass is 19.1. The van der Waals surface area contributed by atoms with Crippen molar-refractivity contribution >= 4 is 5.91 Å². The lowest BCUT2D eigenvalue weighted by atomic mass is 10.1. The lowest BCUT2D eigenvalue weighted by Gasteiger charge is -2.07. The molecule has 1 aromatic heterocycles. The highest BCUT2D eigenvalue weighted by Gasteiger charge is 2.10. The van der Waals surface area contributed by atoms with E-state index in [-0.39, 0.29) is 5.56 Å². The number of benzene rings is 1. The SMILES string of the molecule is NCc1cccc(CNC(=O)c2ccncc2F)c1. The number of halogens is 1. The average molecular weight is 259 g/mol. The number of hydrogen-bond acceptors (Lipinski definition) is 3. The summed E-state index contributed by atoms with van der Waals surface area (Å²) in [4.78, 5) is 15.4. The van der Waals surface area contributed by atoms with Gasteiger partial charge in [0.25, 0.3) is 5.91 Å². The van der Waals surface area contributed by atoms with Crippen LogP contribution in [0.15, 0.2) is 42.7 Å². The molecule has 5 heteroatoms. The molecule has 0 bridgehead atoms. The van der Waals surface area contributed by atoms with Crippen molar-refractivity contribution in [2.24, 2.45) is 5.73 Å². The summed E-state index contributed by atoms with van der Waals surface area (Å²) in [6, 6.07) is 8.91. The van der Waals surface area contributed by atoms with E-state index in [9.17, 15) is 9.18 Å². The van der Waals surface area contributed by atoms with Gasteiger partial charge in [0, 0.05) is 19.3 Å². The van der Waals surface area contributed by atoms with Gasteiger partial charge in [0.2, 0.25) is 0 Å². The number of hydrogen-bond donors (Lipinski definition) is 2. The van der Waals surface area contributed by atoms with Crippen LogP contribution >= 0.6 is 0 Å². The summed E-state index contributed by atoms with van der Waals surface area (Å²) in [7, 11) is 0. The maximum Gasteiger partial charge on any atom is 0.254 e. The van der Waals surface area contributed by atoms with Gasteiger partial charge < -0.3 is 11.1 Å². The molecule has 0 saturated heterocycles. The number of nitrogens with one attached hydrogen (secondary N) is 1. The minimum atomic E-state index is -0.629. The lowest BCUT2D eigenvalue weighted by molar-refractivity contribution is 0.0946. The molecule has 0 radical (unpaired) electrons. The second kappa shape index (κ2) is 6.06. The van der Waals surface area contributed by atoms with Crippen molar-refractivity contribution in [1.29, 1.82) is 0 Å². The fourth-order valence-electron chi connectivity index (χ4n) is 1.70. The largest absolute Gasteiger partial charge is 0.348 e. The third-order valence-corrected chi connectivity index (χ3v) is 2.70. The van der Waals surface area contributed by atoms with Crippen LogP contribution in [0.1, 0.15) is 21.5 Å². The van der Waals surface area contributed by atoms with Crippen molar-refractivity contribution in [2.45, 2.75) is 13.1 Å². The third kappa shape index (κ3) is 3.35. The topological polar surface area (TPSA) is 68.0 Å². The first-order valence-electron chi connectivity index (χ1n) is 5.86. The fourth-order valence-corrected chi connectivity index (χ4v) is 1.70. The van der Waals surface area contributed by atoms with Crippen molar-refractivity contribution in [3.8, 4) is 0 Å². The molecule has 1 heterocycles. The number of nitrogens with two attached hydrogens (primary N) is 1. The summed E-state index contributed by atoms with van der Waals surface area (Å²) in [5.41, 5.74) is 7.44. The van der Waals surface area contributed by atoms with Gasteiger partial charge >= 0.3 is 0 Å². The Morgan fingerprint density at radius 2 is 2.11 bits per heavy atom. The Bertz CT molecular complexity index is 586. The molecule has 0 aliphatic heterocycles. The van der Waals surface area contributed by atoms with Crippen molar-refractivity contribution in [1.82, 2.24) is 10.3 Å². The van der Waals surface area contributed by atoms with Crippen LogP contribution in [0.5, 0.6) is 0 Å². The van der Waals surface area contributed by atoms with Crippen molar-refractivity contribution < 1.29 is 9.18 Å². The summed E-state index contributed by atoms with van der Waals surface area (Å²) < 4.78 is 13.3. The van der Waals surface area contributed by atoms with E-state index >= 15 is 0 Å². The molecule has 0 aliphatic rings. The van der Waals surface area contributed by atoms with Crippen molar-refractivity contribution in [3.05, 3.63) is 65.2 Å². The van der Waals surface area contributed by atoms with E-state index < -0.39 is 11.7 Å². The summed E-state index contributed by atoms with van der Waals surface area (Å²) in [5.74, 6) is -1.09. The normalized spacial score (nSPS) is 10.2. The molecule has 0 aliphatic carbocycles. The quantitative estimate of drug-likeness (QED) is 0.876. The van der Waals surface area contributed by atoms with E-state index in [1.165, 1.54) is 12.3 Å². The smallest absolute Gasteiger partial charge is 0.254 e. The van der Waals surface area contributed by atoms with Crippen LogP contribution < -0.4 is 11.1 Å². The minimum Gasteiger partial charge on any atom is -0.348 e. The molecule has 2 aromatic rings. The Hall–Kier alpha value is -2.27. The highest BCUT2D eigenvalue weighted by Crippen LogP contribution is 2.07. The van der Waals surface area contributed by atoms with E-state index in [0.717, 1.165) is 17.3 Å². The number of pyridine rings is 1.